The SMILES string of the molecule is CCc1ccc2c(c1)c1ccc3c4cc(CC)ccc4n(C4c5nc(-c6ccccc6)nc(-c6ccccc6)c54)c3c1n2-c1ccccc1. The second kappa shape index (κ2) is 10.8. The molecule has 4 nitrogen and oxygen atoms in total. The summed E-state index contributed by atoms with van der Waals surface area (Å²) in [4.78, 5) is 10.6. The number of nitrogens with zero attached hydrogens (tertiary/aromatic N) is 4. The predicted molar refractivity (Wildman–Crippen MR) is 203 cm³/mol. The Hall–Kier alpha value is -6.00. The molecule has 10 rings (SSSR count). The van der Waals surface area contributed by atoms with Crippen molar-refractivity contribution in [2.75, 3.05) is 0 Å². The van der Waals surface area contributed by atoms with Crippen LogP contribution in [0, 0.1) is 0 Å². The van der Waals surface area contributed by atoms with Gasteiger partial charge >= 0.3 is 0 Å². The van der Waals surface area contributed by atoms with E-state index in [1.807, 2.05) is 6.07 Å². The fourth-order valence-electron chi connectivity index (χ4n) is 7.94. The Kier molecular flexibility index (Phi) is 6.16. The van der Waals surface area contributed by atoms with Crippen LogP contribution in [0.4, 0.5) is 0 Å². The van der Waals surface area contributed by atoms with Gasteiger partial charge in [0.1, 0.15) is 6.04 Å². The van der Waals surface area contributed by atoms with E-state index in [1.165, 1.54) is 60.3 Å². The first kappa shape index (κ1) is 28.1. The predicted octanol–water partition coefficient (Wildman–Crippen LogP) is 11.1. The standard InChI is InChI=1S/C45H34N4/c1-3-28-20-24-37-35(26-28)33-22-23-34-36-27-29(4-2)21-25-38(36)49(43(34)42(33)48(37)32-18-12-7-13-19-32)44-39-40(30-14-8-5-9-15-30)46-45(47-41(39)44)31-16-10-6-11-17-31/h5-27,44H,3-4H2,1-2H3. The quantitative estimate of drug-likeness (QED) is 0.183. The minimum absolute atomic E-state index is 0.0355. The molecule has 0 amide bonds. The number of aryl methyl sites for hydroxylation is 2. The van der Waals surface area contributed by atoms with E-state index < -0.39 is 0 Å². The lowest BCUT2D eigenvalue weighted by molar-refractivity contribution is 0.841. The molecule has 4 heteroatoms. The molecule has 3 aromatic heterocycles. The molecule has 0 aliphatic heterocycles. The number of fused-ring (bicyclic) bond motifs is 8. The van der Waals surface area contributed by atoms with Crippen molar-refractivity contribution in [3.05, 3.63) is 162 Å². The number of hydrogen-bond donors (Lipinski definition) is 0. The lowest BCUT2D eigenvalue weighted by atomic mass is 10.0. The van der Waals surface area contributed by atoms with Crippen molar-refractivity contribution in [1.82, 2.24) is 19.1 Å². The molecule has 0 radical (unpaired) electrons. The Bertz CT molecular complexity index is 2720. The third kappa shape index (κ3) is 4.17. The summed E-state index contributed by atoms with van der Waals surface area (Å²) in [5.74, 6) is 0.769. The average Bonchev–Trinajstić information content (AvgIpc) is 3.66. The highest BCUT2D eigenvalue weighted by Gasteiger charge is 2.43. The van der Waals surface area contributed by atoms with Gasteiger partial charge in [0, 0.05) is 43.9 Å². The van der Waals surface area contributed by atoms with Crippen LogP contribution in [0.5, 0.6) is 0 Å². The van der Waals surface area contributed by atoms with Gasteiger partial charge in [-0.1, -0.05) is 117 Å². The summed E-state index contributed by atoms with van der Waals surface area (Å²) in [6.07, 6.45) is 1.99. The lowest BCUT2D eigenvalue weighted by Crippen LogP contribution is -2.00. The van der Waals surface area contributed by atoms with E-state index >= 15 is 0 Å². The van der Waals surface area contributed by atoms with E-state index in [9.17, 15) is 0 Å². The van der Waals surface area contributed by atoms with E-state index in [-0.39, 0.29) is 6.04 Å². The third-order valence-electron chi connectivity index (χ3n) is 10.4. The zero-order valence-electron chi connectivity index (χ0n) is 27.6. The van der Waals surface area contributed by atoms with Crippen LogP contribution in [0.25, 0.3) is 71.9 Å². The highest BCUT2D eigenvalue weighted by molar-refractivity contribution is 6.23. The smallest absolute Gasteiger partial charge is 0.160 e. The summed E-state index contributed by atoms with van der Waals surface area (Å²) in [5, 5.41) is 5.11. The van der Waals surface area contributed by atoms with Crippen molar-refractivity contribution >= 4 is 43.6 Å². The van der Waals surface area contributed by atoms with Gasteiger partial charge < -0.3 is 9.13 Å². The van der Waals surface area contributed by atoms with Gasteiger partial charge in [0.2, 0.25) is 0 Å². The molecule has 234 valence electrons. The molecule has 0 saturated heterocycles. The van der Waals surface area contributed by atoms with Crippen LogP contribution in [0.1, 0.15) is 42.3 Å². The lowest BCUT2D eigenvalue weighted by Gasteiger charge is -2.12. The van der Waals surface area contributed by atoms with Crippen LogP contribution in [-0.4, -0.2) is 19.1 Å². The van der Waals surface area contributed by atoms with E-state index in [0.717, 1.165) is 46.9 Å². The average molecular weight is 631 g/mol. The Labute approximate surface area is 284 Å². The monoisotopic (exact) mass is 630 g/mol. The maximum absolute atomic E-state index is 5.29. The number of rotatable bonds is 6. The molecule has 6 aromatic carbocycles. The van der Waals surface area contributed by atoms with Crippen LogP contribution in [-0.2, 0) is 12.8 Å². The van der Waals surface area contributed by atoms with Crippen molar-refractivity contribution in [2.45, 2.75) is 32.7 Å². The third-order valence-corrected chi connectivity index (χ3v) is 10.4. The van der Waals surface area contributed by atoms with Crippen molar-refractivity contribution in [2.24, 2.45) is 0 Å². The molecular formula is C45H34N4. The van der Waals surface area contributed by atoms with E-state index in [0.29, 0.717) is 0 Å². The minimum atomic E-state index is -0.0355. The second-order valence-electron chi connectivity index (χ2n) is 13.1. The maximum Gasteiger partial charge on any atom is 0.160 e. The Morgan fingerprint density at radius 2 is 1.10 bits per heavy atom. The van der Waals surface area contributed by atoms with E-state index in [2.05, 4.69) is 156 Å². The summed E-state index contributed by atoms with van der Waals surface area (Å²) in [5.41, 5.74) is 14.2. The van der Waals surface area contributed by atoms with Crippen molar-refractivity contribution in [1.29, 1.82) is 0 Å². The molecule has 3 heterocycles. The number of para-hydroxylation sites is 1. The second-order valence-corrected chi connectivity index (χ2v) is 13.1. The van der Waals surface area contributed by atoms with Crippen LogP contribution in [0.15, 0.2) is 140 Å². The fraction of sp³-hybridized carbons (Fsp3) is 0.111. The molecule has 0 saturated carbocycles. The first-order valence-electron chi connectivity index (χ1n) is 17.3. The van der Waals surface area contributed by atoms with Gasteiger partial charge in [-0.2, -0.15) is 0 Å². The normalized spacial score (nSPS) is 13.9. The first-order valence-corrected chi connectivity index (χ1v) is 17.3. The summed E-state index contributed by atoms with van der Waals surface area (Å²) < 4.78 is 5.06. The number of aromatic nitrogens is 4. The maximum atomic E-state index is 5.29. The largest absolute Gasteiger partial charge is 0.325 e. The highest BCUT2D eigenvalue weighted by atomic mass is 15.1. The summed E-state index contributed by atoms with van der Waals surface area (Å²) in [6, 6.07) is 50.5. The summed E-state index contributed by atoms with van der Waals surface area (Å²) >= 11 is 0. The van der Waals surface area contributed by atoms with E-state index in [4.69, 9.17) is 9.97 Å². The summed E-state index contributed by atoms with van der Waals surface area (Å²) in [7, 11) is 0. The van der Waals surface area contributed by atoms with Gasteiger partial charge in [-0.05, 0) is 60.4 Å². The van der Waals surface area contributed by atoms with Crippen LogP contribution >= 0.6 is 0 Å². The molecule has 0 fully saturated rings. The number of hydrogen-bond acceptors (Lipinski definition) is 2. The van der Waals surface area contributed by atoms with Crippen LogP contribution in [0.3, 0.4) is 0 Å². The minimum Gasteiger partial charge on any atom is -0.325 e. The fourth-order valence-corrected chi connectivity index (χ4v) is 7.94. The van der Waals surface area contributed by atoms with Gasteiger partial charge in [-0.3, -0.25) is 0 Å². The van der Waals surface area contributed by atoms with Crippen molar-refractivity contribution < 1.29 is 0 Å². The van der Waals surface area contributed by atoms with Crippen LogP contribution < -0.4 is 0 Å². The first-order chi connectivity index (χ1) is 24.2. The molecule has 0 bridgehead atoms. The molecule has 1 atom stereocenters. The van der Waals surface area contributed by atoms with Crippen molar-refractivity contribution in [3.63, 3.8) is 0 Å². The molecule has 1 aliphatic rings. The molecule has 0 spiro atoms. The number of benzene rings is 6. The van der Waals surface area contributed by atoms with Gasteiger partial charge in [0.05, 0.1) is 33.5 Å². The Balaban J connectivity index is 1.35. The Morgan fingerprint density at radius 3 is 1.76 bits per heavy atom. The zero-order chi connectivity index (χ0) is 32.6. The van der Waals surface area contributed by atoms with Gasteiger partial charge in [0.15, 0.2) is 5.82 Å². The molecular weight excluding hydrogens is 597 g/mol. The van der Waals surface area contributed by atoms with Gasteiger partial charge in [-0.25, -0.2) is 9.97 Å². The van der Waals surface area contributed by atoms with Crippen molar-refractivity contribution in [3.8, 4) is 28.3 Å². The van der Waals surface area contributed by atoms with E-state index in [1.54, 1.807) is 0 Å². The molecule has 0 N–H and O–H groups in total. The topological polar surface area (TPSA) is 35.6 Å². The summed E-state index contributed by atoms with van der Waals surface area (Å²) in [6.45, 7) is 4.47. The Morgan fingerprint density at radius 1 is 0.531 bits per heavy atom. The molecule has 1 aliphatic carbocycles. The highest BCUT2D eigenvalue weighted by Crippen LogP contribution is 2.53. The zero-order valence-corrected chi connectivity index (χ0v) is 27.6. The molecule has 1 unspecified atom stereocenters. The molecule has 9 aromatic rings. The van der Waals surface area contributed by atoms with Gasteiger partial charge in [-0.15, -0.1) is 0 Å². The van der Waals surface area contributed by atoms with Crippen LogP contribution in [0.2, 0.25) is 0 Å². The molecule has 49 heavy (non-hydrogen) atoms. The van der Waals surface area contributed by atoms with Gasteiger partial charge in [0.25, 0.3) is 0 Å².